The number of carbonyl (C=O) groups is 1. The summed E-state index contributed by atoms with van der Waals surface area (Å²) in [6, 6.07) is 0. The topological polar surface area (TPSA) is 17.1 Å². The van der Waals surface area contributed by atoms with Crippen LogP contribution in [0.1, 0.15) is 25.7 Å². The molecule has 0 N–H and O–H groups in total. The number of rotatable bonds is 0. The second kappa shape index (κ2) is 3.55. The molecule has 0 aromatic rings. The predicted molar refractivity (Wildman–Crippen MR) is 69.4 cm³/mol. The van der Waals surface area contributed by atoms with Gasteiger partial charge < -0.3 is 0 Å². The SMILES string of the molecule is O=C1C(=C2SCCS2)C2CC1C1CCCC21. The maximum absolute atomic E-state index is 12.4. The molecule has 86 valence electrons. The van der Waals surface area contributed by atoms with Crippen molar-refractivity contribution in [2.45, 2.75) is 25.7 Å². The fraction of sp³-hybridized carbons (Fsp3) is 0.769. The van der Waals surface area contributed by atoms with Gasteiger partial charge in [-0.15, -0.1) is 23.5 Å². The lowest BCUT2D eigenvalue weighted by atomic mass is 9.79. The van der Waals surface area contributed by atoms with Crippen LogP contribution in [0.15, 0.2) is 9.81 Å². The minimum Gasteiger partial charge on any atom is -0.294 e. The first-order valence-electron chi connectivity index (χ1n) is 6.40. The lowest BCUT2D eigenvalue weighted by molar-refractivity contribution is -0.120. The van der Waals surface area contributed by atoms with Gasteiger partial charge in [0.2, 0.25) is 0 Å². The van der Waals surface area contributed by atoms with Gasteiger partial charge in [-0.05, 0) is 37.0 Å². The Kier molecular flexibility index (Phi) is 2.23. The van der Waals surface area contributed by atoms with Crippen molar-refractivity contribution in [3.05, 3.63) is 9.81 Å². The van der Waals surface area contributed by atoms with E-state index in [9.17, 15) is 4.79 Å². The summed E-state index contributed by atoms with van der Waals surface area (Å²) in [5.41, 5.74) is 1.28. The number of carbonyl (C=O) groups excluding carboxylic acids is 1. The zero-order valence-corrected chi connectivity index (χ0v) is 10.9. The summed E-state index contributed by atoms with van der Waals surface area (Å²) < 4.78 is 1.41. The molecule has 16 heavy (non-hydrogen) atoms. The lowest BCUT2D eigenvalue weighted by Gasteiger charge is -2.26. The zero-order valence-electron chi connectivity index (χ0n) is 9.28. The molecule has 4 aliphatic rings. The van der Waals surface area contributed by atoms with Crippen molar-refractivity contribution in [1.82, 2.24) is 0 Å². The third kappa shape index (κ3) is 1.19. The van der Waals surface area contributed by atoms with Crippen molar-refractivity contribution in [3.8, 4) is 0 Å². The van der Waals surface area contributed by atoms with Crippen molar-refractivity contribution in [2.75, 3.05) is 11.5 Å². The quantitative estimate of drug-likeness (QED) is 0.616. The normalized spacial score (nSPS) is 45.9. The maximum atomic E-state index is 12.4. The Morgan fingerprint density at radius 1 is 1.00 bits per heavy atom. The van der Waals surface area contributed by atoms with E-state index in [1.807, 2.05) is 23.5 Å². The molecule has 4 unspecified atom stereocenters. The molecule has 0 radical (unpaired) electrons. The maximum Gasteiger partial charge on any atom is 0.164 e. The highest BCUT2D eigenvalue weighted by molar-refractivity contribution is 8.25. The first-order chi connectivity index (χ1) is 7.86. The van der Waals surface area contributed by atoms with E-state index in [2.05, 4.69) is 0 Å². The third-order valence-electron chi connectivity index (χ3n) is 4.91. The summed E-state index contributed by atoms with van der Waals surface area (Å²) >= 11 is 3.88. The average Bonchev–Trinajstić information content (AvgIpc) is 2.98. The number of allylic oxidation sites excluding steroid dienone is 1. The Hall–Kier alpha value is 0.110. The minimum absolute atomic E-state index is 0.432. The largest absolute Gasteiger partial charge is 0.294 e. The van der Waals surface area contributed by atoms with Crippen LogP contribution in [-0.4, -0.2) is 17.3 Å². The second-order valence-corrected chi connectivity index (χ2v) is 7.94. The van der Waals surface area contributed by atoms with Gasteiger partial charge in [-0.25, -0.2) is 0 Å². The molecule has 4 atom stereocenters. The summed E-state index contributed by atoms with van der Waals surface area (Å²) in [5, 5.41) is 0. The minimum atomic E-state index is 0.432. The van der Waals surface area contributed by atoms with Crippen molar-refractivity contribution in [3.63, 3.8) is 0 Å². The molecule has 1 nitrogen and oxygen atoms in total. The number of fused-ring (bicyclic) bond motifs is 5. The highest BCUT2D eigenvalue weighted by Crippen LogP contribution is 2.61. The Balaban J connectivity index is 1.76. The highest BCUT2D eigenvalue weighted by Gasteiger charge is 2.57. The van der Waals surface area contributed by atoms with Crippen molar-refractivity contribution >= 4 is 29.3 Å². The van der Waals surface area contributed by atoms with E-state index < -0.39 is 0 Å². The van der Waals surface area contributed by atoms with Gasteiger partial charge in [-0.3, -0.25) is 4.79 Å². The van der Waals surface area contributed by atoms with Crippen LogP contribution in [0, 0.1) is 23.7 Å². The van der Waals surface area contributed by atoms with E-state index in [1.165, 1.54) is 47.0 Å². The van der Waals surface area contributed by atoms with Gasteiger partial charge in [-0.1, -0.05) is 6.42 Å². The van der Waals surface area contributed by atoms with Crippen molar-refractivity contribution in [2.24, 2.45) is 23.7 Å². The summed E-state index contributed by atoms with van der Waals surface area (Å²) in [4.78, 5) is 12.4. The molecular formula is C13H16OS2. The van der Waals surface area contributed by atoms with Gasteiger partial charge in [-0.2, -0.15) is 0 Å². The molecule has 0 amide bonds. The predicted octanol–water partition coefficient (Wildman–Crippen LogP) is 3.31. The first kappa shape index (κ1) is 10.1. The molecule has 3 saturated carbocycles. The van der Waals surface area contributed by atoms with Crippen LogP contribution in [-0.2, 0) is 4.79 Å². The Labute approximate surface area is 105 Å². The van der Waals surface area contributed by atoms with E-state index in [-0.39, 0.29) is 0 Å². The smallest absolute Gasteiger partial charge is 0.164 e. The van der Waals surface area contributed by atoms with Gasteiger partial charge in [0.25, 0.3) is 0 Å². The first-order valence-corrected chi connectivity index (χ1v) is 8.37. The highest BCUT2D eigenvalue weighted by atomic mass is 32.2. The number of thioether (sulfide) groups is 2. The van der Waals surface area contributed by atoms with Gasteiger partial charge in [0.05, 0.1) is 0 Å². The standard InChI is InChI=1S/C13H16OS2/c14-12-10-6-9(7-2-1-3-8(7)10)11(12)13-15-4-5-16-13/h7-10H,1-6H2. The van der Waals surface area contributed by atoms with Crippen molar-refractivity contribution < 1.29 is 4.79 Å². The van der Waals surface area contributed by atoms with Gasteiger partial charge in [0.15, 0.2) is 5.78 Å². The second-order valence-electron chi connectivity index (χ2n) is 5.47. The van der Waals surface area contributed by atoms with E-state index in [1.54, 1.807) is 0 Å². The molecule has 0 spiro atoms. The van der Waals surface area contributed by atoms with E-state index in [4.69, 9.17) is 0 Å². The Bertz CT molecular complexity index is 379. The molecule has 1 saturated heterocycles. The van der Waals surface area contributed by atoms with E-state index >= 15 is 0 Å². The summed E-state index contributed by atoms with van der Waals surface area (Å²) in [5.74, 6) is 5.72. The third-order valence-corrected chi connectivity index (χ3v) is 7.66. The molecule has 0 aromatic heterocycles. The summed E-state index contributed by atoms with van der Waals surface area (Å²) in [7, 11) is 0. The monoisotopic (exact) mass is 252 g/mol. The Morgan fingerprint density at radius 2 is 1.69 bits per heavy atom. The lowest BCUT2D eigenvalue weighted by Crippen LogP contribution is -2.26. The van der Waals surface area contributed by atoms with Crippen molar-refractivity contribution in [1.29, 1.82) is 0 Å². The molecule has 3 heteroatoms. The Morgan fingerprint density at radius 3 is 2.44 bits per heavy atom. The number of Topliss-reactive ketones (excluding diaryl/α,β-unsaturated/α-hetero) is 1. The van der Waals surface area contributed by atoms with E-state index in [0.717, 1.165) is 11.8 Å². The molecule has 1 aliphatic heterocycles. The van der Waals surface area contributed by atoms with Gasteiger partial charge in [0.1, 0.15) is 0 Å². The van der Waals surface area contributed by atoms with Gasteiger partial charge in [0, 0.05) is 27.2 Å². The molecule has 4 rings (SSSR count). The molecule has 2 bridgehead atoms. The molecule has 0 aromatic carbocycles. The van der Waals surface area contributed by atoms with Crippen LogP contribution in [0.2, 0.25) is 0 Å². The van der Waals surface area contributed by atoms with Gasteiger partial charge >= 0.3 is 0 Å². The number of ketones is 1. The van der Waals surface area contributed by atoms with E-state index in [0.29, 0.717) is 17.6 Å². The van der Waals surface area contributed by atoms with Crippen LogP contribution >= 0.6 is 23.5 Å². The molecule has 1 heterocycles. The molecular weight excluding hydrogens is 236 g/mol. The van der Waals surface area contributed by atoms with Crippen LogP contribution in [0.3, 0.4) is 0 Å². The number of hydrogen-bond acceptors (Lipinski definition) is 3. The fourth-order valence-electron chi connectivity index (χ4n) is 4.37. The summed E-state index contributed by atoms with van der Waals surface area (Å²) in [6.45, 7) is 0. The van der Waals surface area contributed by atoms with Crippen LogP contribution in [0.25, 0.3) is 0 Å². The van der Waals surface area contributed by atoms with Crippen LogP contribution < -0.4 is 0 Å². The molecule has 4 fully saturated rings. The number of hydrogen-bond donors (Lipinski definition) is 0. The summed E-state index contributed by atoms with van der Waals surface area (Å²) in [6.07, 6.45) is 5.30. The van der Waals surface area contributed by atoms with Crippen LogP contribution in [0.5, 0.6) is 0 Å². The molecule has 3 aliphatic carbocycles. The zero-order chi connectivity index (χ0) is 10.7. The average molecular weight is 252 g/mol. The fourth-order valence-corrected chi connectivity index (χ4v) is 7.06. The van der Waals surface area contributed by atoms with Crippen LogP contribution in [0.4, 0.5) is 0 Å².